The molecular weight excluding hydrogens is 238 g/mol. The van der Waals surface area contributed by atoms with Crippen molar-refractivity contribution in [3.05, 3.63) is 0 Å². The van der Waals surface area contributed by atoms with Crippen molar-refractivity contribution in [2.24, 2.45) is 10.9 Å². The molecule has 3 heteroatoms. The van der Waals surface area contributed by atoms with Gasteiger partial charge in [0, 0.05) is 13.0 Å². The molecule has 0 spiro atoms. The molecule has 0 bridgehead atoms. The van der Waals surface area contributed by atoms with Crippen LogP contribution in [0.25, 0.3) is 0 Å². The standard InChI is InChI=1S/C16H31NO2/c1-2-3-4-5-6-7-8-9-10-15(14-18)13-16-17-11-12-19-16/h15,18H,2-14H2,1H3. The Labute approximate surface area is 118 Å². The average molecular weight is 269 g/mol. The minimum Gasteiger partial charge on any atom is -0.479 e. The van der Waals surface area contributed by atoms with Crippen LogP contribution in [0.2, 0.25) is 0 Å². The number of nitrogens with zero attached hydrogens (tertiary/aromatic N) is 1. The number of unbranched alkanes of at least 4 members (excludes halogenated alkanes) is 7. The van der Waals surface area contributed by atoms with E-state index >= 15 is 0 Å². The SMILES string of the molecule is CCCCCCCCCCC(CO)CC1=NCCO1. The molecule has 1 heterocycles. The fourth-order valence-corrected chi connectivity index (χ4v) is 2.57. The zero-order chi connectivity index (χ0) is 13.8. The van der Waals surface area contributed by atoms with Gasteiger partial charge in [-0.1, -0.05) is 58.3 Å². The zero-order valence-electron chi connectivity index (χ0n) is 12.6. The maximum atomic E-state index is 9.38. The molecule has 0 aromatic carbocycles. The Bertz CT molecular complexity index is 241. The molecule has 0 fully saturated rings. The Balaban J connectivity index is 1.94. The van der Waals surface area contributed by atoms with Crippen molar-refractivity contribution in [1.82, 2.24) is 0 Å². The largest absolute Gasteiger partial charge is 0.479 e. The first-order valence-electron chi connectivity index (χ1n) is 8.13. The van der Waals surface area contributed by atoms with Gasteiger partial charge in [-0.2, -0.15) is 0 Å². The molecule has 0 radical (unpaired) electrons. The fourth-order valence-electron chi connectivity index (χ4n) is 2.57. The molecule has 3 nitrogen and oxygen atoms in total. The number of rotatable bonds is 12. The molecule has 1 N–H and O–H groups in total. The van der Waals surface area contributed by atoms with Gasteiger partial charge in [0.05, 0.1) is 6.54 Å². The van der Waals surface area contributed by atoms with Crippen LogP contribution in [0.4, 0.5) is 0 Å². The first-order valence-corrected chi connectivity index (χ1v) is 8.13. The average Bonchev–Trinajstić information content (AvgIpc) is 2.93. The highest BCUT2D eigenvalue weighted by atomic mass is 16.5. The van der Waals surface area contributed by atoms with Crippen LogP contribution in [0, 0.1) is 5.92 Å². The minimum absolute atomic E-state index is 0.263. The van der Waals surface area contributed by atoms with E-state index in [1.54, 1.807) is 0 Å². The van der Waals surface area contributed by atoms with Crippen molar-refractivity contribution in [2.45, 2.75) is 71.1 Å². The number of ether oxygens (including phenoxy) is 1. The summed E-state index contributed by atoms with van der Waals surface area (Å²) in [5.74, 6) is 1.20. The summed E-state index contributed by atoms with van der Waals surface area (Å²) in [5, 5.41) is 9.38. The van der Waals surface area contributed by atoms with Crippen molar-refractivity contribution in [2.75, 3.05) is 19.8 Å². The van der Waals surface area contributed by atoms with Crippen molar-refractivity contribution in [3.63, 3.8) is 0 Å². The second-order valence-electron chi connectivity index (χ2n) is 5.64. The summed E-state index contributed by atoms with van der Waals surface area (Å²) in [6.07, 6.45) is 12.7. The van der Waals surface area contributed by atoms with Crippen molar-refractivity contribution < 1.29 is 9.84 Å². The third kappa shape index (κ3) is 8.25. The van der Waals surface area contributed by atoms with E-state index in [0.717, 1.165) is 31.9 Å². The highest BCUT2D eigenvalue weighted by Gasteiger charge is 2.14. The molecule has 0 saturated carbocycles. The number of aliphatic hydroxyl groups is 1. The van der Waals surface area contributed by atoms with Crippen LogP contribution in [0.5, 0.6) is 0 Å². The summed E-state index contributed by atoms with van der Waals surface area (Å²) in [6.45, 7) is 4.04. The van der Waals surface area contributed by atoms with E-state index in [9.17, 15) is 5.11 Å². The van der Waals surface area contributed by atoms with Gasteiger partial charge in [0.15, 0.2) is 5.90 Å². The van der Waals surface area contributed by atoms with Crippen molar-refractivity contribution in [1.29, 1.82) is 0 Å². The first kappa shape index (κ1) is 16.5. The zero-order valence-corrected chi connectivity index (χ0v) is 12.6. The second kappa shape index (κ2) is 11.3. The lowest BCUT2D eigenvalue weighted by molar-refractivity contribution is 0.211. The molecule has 1 unspecified atom stereocenters. The second-order valence-corrected chi connectivity index (χ2v) is 5.64. The van der Waals surface area contributed by atoms with Crippen LogP contribution in [-0.4, -0.2) is 30.8 Å². The van der Waals surface area contributed by atoms with Crippen LogP contribution in [-0.2, 0) is 4.74 Å². The minimum atomic E-state index is 0.263. The maximum absolute atomic E-state index is 9.38. The molecule has 1 atom stereocenters. The number of aliphatic hydroxyl groups excluding tert-OH is 1. The Morgan fingerprint density at radius 2 is 1.79 bits per heavy atom. The lowest BCUT2D eigenvalue weighted by Crippen LogP contribution is -2.12. The Morgan fingerprint density at radius 1 is 1.11 bits per heavy atom. The van der Waals surface area contributed by atoms with Gasteiger partial charge in [-0.05, 0) is 12.3 Å². The Kier molecular flexibility index (Phi) is 9.78. The van der Waals surface area contributed by atoms with Crippen LogP contribution >= 0.6 is 0 Å². The van der Waals surface area contributed by atoms with Crippen LogP contribution in [0.1, 0.15) is 71.1 Å². The summed E-state index contributed by atoms with van der Waals surface area (Å²) in [7, 11) is 0. The van der Waals surface area contributed by atoms with E-state index < -0.39 is 0 Å². The van der Waals surface area contributed by atoms with Gasteiger partial charge in [-0.15, -0.1) is 0 Å². The lowest BCUT2D eigenvalue weighted by atomic mass is 9.97. The molecule has 112 valence electrons. The summed E-state index contributed by atoms with van der Waals surface area (Å²) in [4.78, 5) is 4.29. The van der Waals surface area contributed by atoms with Gasteiger partial charge in [0.1, 0.15) is 6.61 Å². The topological polar surface area (TPSA) is 41.8 Å². The number of hydrogen-bond donors (Lipinski definition) is 1. The monoisotopic (exact) mass is 269 g/mol. The Hall–Kier alpha value is -0.570. The van der Waals surface area contributed by atoms with Crippen LogP contribution in [0.3, 0.4) is 0 Å². The molecule has 1 rings (SSSR count). The lowest BCUT2D eigenvalue weighted by Gasteiger charge is -2.13. The van der Waals surface area contributed by atoms with Gasteiger partial charge in [-0.3, -0.25) is 4.99 Å². The molecule has 0 saturated heterocycles. The van der Waals surface area contributed by atoms with Crippen LogP contribution in [0.15, 0.2) is 4.99 Å². The molecule has 1 aliphatic heterocycles. The number of aliphatic imine (C=N–C) groups is 1. The molecule has 0 aromatic heterocycles. The highest BCUT2D eigenvalue weighted by molar-refractivity contribution is 5.77. The third-order valence-corrected chi connectivity index (χ3v) is 3.84. The molecular formula is C16H31NO2. The van der Waals surface area contributed by atoms with Crippen LogP contribution < -0.4 is 0 Å². The van der Waals surface area contributed by atoms with E-state index in [-0.39, 0.29) is 6.61 Å². The van der Waals surface area contributed by atoms with E-state index in [1.165, 1.54) is 51.4 Å². The molecule has 0 amide bonds. The molecule has 1 aliphatic rings. The van der Waals surface area contributed by atoms with Gasteiger partial charge in [-0.25, -0.2) is 0 Å². The Morgan fingerprint density at radius 3 is 2.37 bits per heavy atom. The van der Waals surface area contributed by atoms with Crippen molar-refractivity contribution in [3.8, 4) is 0 Å². The maximum Gasteiger partial charge on any atom is 0.183 e. The summed E-state index contributed by atoms with van der Waals surface area (Å²) < 4.78 is 5.41. The summed E-state index contributed by atoms with van der Waals surface area (Å²) in [5.41, 5.74) is 0. The van der Waals surface area contributed by atoms with E-state index in [2.05, 4.69) is 11.9 Å². The first-order chi connectivity index (χ1) is 9.36. The van der Waals surface area contributed by atoms with Gasteiger partial charge in [0.2, 0.25) is 0 Å². The quantitative estimate of drug-likeness (QED) is 0.545. The van der Waals surface area contributed by atoms with Crippen molar-refractivity contribution >= 4 is 5.90 Å². The number of hydrogen-bond acceptors (Lipinski definition) is 3. The predicted octanol–water partition coefficient (Wildman–Crippen LogP) is 3.94. The summed E-state index contributed by atoms with van der Waals surface area (Å²) in [6, 6.07) is 0. The molecule has 19 heavy (non-hydrogen) atoms. The molecule has 0 aromatic rings. The highest BCUT2D eigenvalue weighted by Crippen LogP contribution is 2.17. The van der Waals surface area contributed by atoms with E-state index in [4.69, 9.17) is 4.74 Å². The van der Waals surface area contributed by atoms with Gasteiger partial charge < -0.3 is 9.84 Å². The smallest absolute Gasteiger partial charge is 0.183 e. The van der Waals surface area contributed by atoms with Gasteiger partial charge in [0.25, 0.3) is 0 Å². The van der Waals surface area contributed by atoms with Gasteiger partial charge >= 0.3 is 0 Å². The normalized spacial score (nSPS) is 16.2. The van der Waals surface area contributed by atoms with E-state index in [1.807, 2.05) is 0 Å². The summed E-state index contributed by atoms with van der Waals surface area (Å²) >= 11 is 0. The third-order valence-electron chi connectivity index (χ3n) is 3.84. The van der Waals surface area contributed by atoms with E-state index in [0.29, 0.717) is 5.92 Å². The predicted molar refractivity (Wildman–Crippen MR) is 80.7 cm³/mol. The fraction of sp³-hybridized carbons (Fsp3) is 0.938. The molecule has 0 aliphatic carbocycles.